The summed E-state index contributed by atoms with van der Waals surface area (Å²) in [5.41, 5.74) is -0.353. The van der Waals surface area contributed by atoms with Crippen LogP contribution in [0.25, 0.3) is 0 Å². The molecule has 92 valence electrons. The molecule has 7 nitrogen and oxygen atoms in total. The Bertz CT molecular complexity index is 589. The predicted molar refractivity (Wildman–Crippen MR) is 58.6 cm³/mol. The van der Waals surface area contributed by atoms with Crippen LogP contribution in [0.1, 0.15) is 10.4 Å². The topological polar surface area (TPSA) is 107 Å². The van der Waals surface area contributed by atoms with E-state index in [0.717, 1.165) is 6.08 Å². The van der Waals surface area contributed by atoms with Gasteiger partial charge in [-0.3, -0.25) is 14.9 Å². The molecule has 2 rings (SSSR count). The lowest BCUT2D eigenvalue weighted by atomic mass is 9.99. The number of hydrogen-bond acceptors (Lipinski definition) is 5. The minimum Gasteiger partial charge on any atom is -0.481 e. The summed E-state index contributed by atoms with van der Waals surface area (Å²) in [6.45, 7) is -0.289. The first-order valence-corrected chi connectivity index (χ1v) is 4.89. The third kappa shape index (κ3) is 1.93. The molecule has 1 aromatic carbocycles. The number of carbonyl (C=O) groups is 2. The molecule has 0 aliphatic carbocycles. The molecule has 1 aromatic rings. The van der Waals surface area contributed by atoms with E-state index in [1.54, 1.807) is 0 Å². The smallest absolute Gasteiger partial charge is 0.328 e. The summed E-state index contributed by atoms with van der Waals surface area (Å²) in [5.74, 6) is -1.95. The largest absolute Gasteiger partial charge is 0.481 e. The van der Waals surface area contributed by atoms with Crippen LogP contribution in [0.3, 0.4) is 0 Å². The molecule has 0 aromatic heterocycles. The lowest BCUT2D eigenvalue weighted by molar-refractivity contribution is -0.385. The molecule has 1 aliphatic heterocycles. The van der Waals surface area contributed by atoms with Gasteiger partial charge in [-0.15, -0.1) is 0 Å². The number of benzene rings is 1. The van der Waals surface area contributed by atoms with E-state index in [-0.39, 0.29) is 29.2 Å². The maximum absolute atomic E-state index is 11.9. The quantitative estimate of drug-likeness (QED) is 0.479. The summed E-state index contributed by atoms with van der Waals surface area (Å²) in [7, 11) is 0. The number of aliphatic carboxylic acids is 1. The molecule has 0 saturated heterocycles. The van der Waals surface area contributed by atoms with E-state index in [2.05, 4.69) is 0 Å². The second kappa shape index (κ2) is 4.28. The van der Waals surface area contributed by atoms with E-state index in [0.29, 0.717) is 0 Å². The highest BCUT2D eigenvalue weighted by atomic mass is 16.6. The van der Waals surface area contributed by atoms with E-state index < -0.39 is 16.7 Å². The first kappa shape index (κ1) is 11.8. The van der Waals surface area contributed by atoms with Crippen LogP contribution in [-0.2, 0) is 4.79 Å². The Morgan fingerprint density at radius 2 is 2.22 bits per heavy atom. The molecule has 18 heavy (non-hydrogen) atoms. The average molecular weight is 249 g/mol. The number of carboxylic acid groups (broad SMARTS) is 1. The predicted octanol–water partition coefficient (Wildman–Crippen LogP) is 1.18. The average Bonchev–Trinajstić information content (AvgIpc) is 2.31. The van der Waals surface area contributed by atoms with Gasteiger partial charge in [0, 0.05) is 17.7 Å². The monoisotopic (exact) mass is 249 g/mol. The number of hydrogen-bond donors (Lipinski definition) is 1. The SMILES string of the molecule is O=C(O)C=C1COc2c(cccc2[N+](=O)[O-])C1=O. The fraction of sp³-hybridized carbons (Fsp3) is 0.0909. The summed E-state index contributed by atoms with van der Waals surface area (Å²) in [5, 5.41) is 19.3. The van der Waals surface area contributed by atoms with E-state index >= 15 is 0 Å². The summed E-state index contributed by atoms with van der Waals surface area (Å²) in [6, 6.07) is 3.93. The van der Waals surface area contributed by atoms with Crippen LogP contribution in [0, 0.1) is 10.1 Å². The number of nitrogens with zero attached hydrogens (tertiary/aromatic N) is 1. The standard InChI is InChI=1S/C11H7NO6/c13-9(14)4-6-5-18-11-7(10(6)15)2-1-3-8(11)12(16)17/h1-4H,5H2,(H,13,14). The number of ketones is 1. The molecule has 0 radical (unpaired) electrons. The zero-order valence-electron chi connectivity index (χ0n) is 8.95. The van der Waals surface area contributed by atoms with Gasteiger partial charge in [-0.25, -0.2) is 4.79 Å². The Balaban J connectivity index is 2.52. The Kier molecular flexibility index (Phi) is 2.80. The van der Waals surface area contributed by atoms with Crippen molar-refractivity contribution in [3.63, 3.8) is 0 Å². The zero-order valence-corrected chi connectivity index (χ0v) is 8.95. The molecule has 0 amide bonds. The van der Waals surface area contributed by atoms with Crippen LogP contribution < -0.4 is 4.74 Å². The van der Waals surface area contributed by atoms with E-state index in [9.17, 15) is 19.7 Å². The third-order valence-electron chi connectivity index (χ3n) is 2.40. The lowest BCUT2D eigenvalue weighted by Gasteiger charge is -2.17. The Morgan fingerprint density at radius 3 is 2.83 bits per heavy atom. The first-order chi connectivity index (χ1) is 8.50. The van der Waals surface area contributed by atoms with Crippen LogP contribution in [0.4, 0.5) is 5.69 Å². The molecule has 0 saturated carbocycles. The normalized spacial score (nSPS) is 16.0. The van der Waals surface area contributed by atoms with Gasteiger partial charge in [0.25, 0.3) is 0 Å². The number of Topliss-reactive ketones (excluding diaryl/α,β-unsaturated/α-hetero) is 1. The van der Waals surface area contributed by atoms with Crippen molar-refractivity contribution in [2.24, 2.45) is 0 Å². The Morgan fingerprint density at radius 1 is 1.50 bits per heavy atom. The van der Waals surface area contributed by atoms with Gasteiger partial charge in [0.1, 0.15) is 6.61 Å². The number of ether oxygens (including phenoxy) is 1. The second-order valence-electron chi connectivity index (χ2n) is 3.54. The van der Waals surface area contributed by atoms with Gasteiger partial charge >= 0.3 is 11.7 Å². The zero-order chi connectivity index (χ0) is 13.3. The highest BCUT2D eigenvalue weighted by Gasteiger charge is 2.30. The summed E-state index contributed by atoms with van der Waals surface area (Å²) < 4.78 is 5.11. The van der Waals surface area contributed by atoms with Crippen molar-refractivity contribution in [2.75, 3.05) is 6.61 Å². The van der Waals surface area contributed by atoms with Gasteiger partial charge in [0.15, 0.2) is 5.78 Å². The van der Waals surface area contributed by atoms with Crippen molar-refractivity contribution in [3.8, 4) is 5.75 Å². The van der Waals surface area contributed by atoms with Gasteiger partial charge in [0.2, 0.25) is 5.75 Å². The molecule has 1 heterocycles. The van der Waals surface area contributed by atoms with Gasteiger partial charge in [-0.05, 0) is 6.07 Å². The molecular formula is C11H7NO6. The number of nitro benzene ring substituents is 1. The number of rotatable bonds is 2. The molecule has 0 unspecified atom stereocenters. The Hall–Kier alpha value is -2.70. The first-order valence-electron chi connectivity index (χ1n) is 4.89. The molecule has 0 bridgehead atoms. The minimum absolute atomic E-state index is 0.00273. The van der Waals surface area contributed by atoms with Gasteiger partial charge < -0.3 is 9.84 Å². The summed E-state index contributed by atoms with van der Waals surface area (Å²) >= 11 is 0. The maximum Gasteiger partial charge on any atom is 0.328 e. The van der Waals surface area contributed by atoms with Gasteiger partial charge in [-0.2, -0.15) is 0 Å². The minimum atomic E-state index is -1.27. The van der Waals surface area contributed by atoms with Crippen molar-refractivity contribution in [3.05, 3.63) is 45.5 Å². The summed E-state index contributed by atoms with van der Waals surface area (Å²) in [4.78, 5) is 32.5. The number of carbonyl (C=O) groups excluding carboxylic acids is 1. The number of carboxylic acids is 1. The second-order valence-corrected chi connectivity index (χ2v) is 3.54. The molecule has 0 atom stereocenters. The van der Waals surface area contributed by atoms with Crippen molar-refractivity contribution in [1.82, 2.24) is 0 Å². The van der Waals surface area contributed by atoms with E-state index in [1.165, 1.54) is 18.2 Å². The molecule has 0 spiro atoms. The molecule has 7 heteroatoms. The van der Waals surface area contributed by atoms with Crippen LogP contribution in [0.2, 0.25) is 0 Å². The fourth-order valence-corrected chi connectivity index (χ4v) is 1.64. The highest BCUT2D eigenvalue weighted by Crippen LogP contribution is 2.35. The third-order valence-corrected chi connectivity index (χ3v) is 2.40. The van der Waals surface area contributed by atoms with Crippen molar-refractivity contribution in [1.29, 1.82) is 0 Å². The van der Waals surface area contributed by atoms with Gasteiger partial charge in [0.05, 0.1) is 10.5 Å². The van der Waals surface area contributed by atoms with Gasteiger partial charge in [-0.1, -0.05) is 6.07 Å². The molecule has 1 aliphatic rings. The fourth-order valence-electron chi connectivity index (χ4n) is 1.64. The molecule has 0 fully saturated rings. The highest BCUT2D eigenvalue weighted by molar-refractivity contribution is 6.14. The van der Waals surface area contributed by atoms with Crippen LogP contribution in [0.5, 0.6) is 5.75 Å². The lowest BCUT2D eigenvalue weighted by Crippen LogP contribution is -2.21. The van der Waals surface area contributed by atoms with Crippen molar-refractivity contribution >= 4 is 17.4 Å². The molecular weight excluding hydrogens is 242 g/mol. The maximum atomic E-state index is 11.9. The van der Waals surface area contributed by atoms with Crippen LogP contribution >= 0.6 is 0 Å². The molecule has 1 N–H and O–H groups in total. The van der Waals surface area contributed by atoms with E-state index in [1.807, 2.05) is 0 Å². The number of fused-ring (bicyclic) bond motifs is 1. The van der Waals surface area contributed by atoms with Crippen molar-refractivity contribution < 1.29 is 24.4 Å². The number of nitro groups is 1. The van der Waals surface area contributed by atoms with Crippen LogP contribution in [-0.4, -0.2) is 28.4 Å². The van der Waals surface area contributed by atoms with Crippen molar-refractivity contribution in [2.45, 2.75) is 0 Å². The summed E-state index contributed by atoms with van der Waals surface area (Å²) in [6.07, 6.45) is 0.740. The number of para-hydroxylation sites is 1. The van der Waals surface area contributed by atoms with Crippen LogP contribution in [0.15, 0.2) is 29.8 Å². The Labute approximate surface area is 100 Å². The van der Waals surface area contributed by atoms with E-state index in [4.69, 9.17) is 9.84 Å².